The lowest BCUT2D eigenvalue weighted by Gasteiger charge is -2.22. The van der Waals surface area contributed by atoms with Crippen LogP contribution < -0.4 is 4.74 Å². The van der Waals surface area contributed by atoms with E-state index in [0.717, 1.165) is 18.1 Å². The minimum Gasteiger partial charge on any atom is -0.494 e. The number of aliphatic imine (C=N–C) groups is 1. The molecule has 0 N–H and O–H groups in total. The molecule has 0 spiro atoms. The molecule has 1 aliphatic carbocycles. The van der Waals surface area contributed by atoms with E-state index in [1.807, 2.05) is 35.1 Å². The van der Waals surface area contributed by atoms with Gasteiger partial charge >= 0.3 is 0 Å². The van der Waals surface area contributed by atoms with Crippen LogP contribution in [0.4, 0.5) is 0 Å². The van der Waals surface area contributed by atoms with Crippen LogP contribution in [0.5, 0.6) is 5.75 Å². The fourth-order valence-electron chi connectivity index (χ4n) is 2.44. The maximum atomic E-state index is 5.47. The third-order valence-electron chi connectivity index (χ3n) is 3.46. The summed E-state index contributed by atoms with van der Waals surface area (Å²) in [6, 6.07) is 8.84. The summed E-state index contributed by atoms with van der Waals surface area (Å²) in [6.07, 6.45) is 1.14. The Morgan fingerprint density at radius 3 is 2.25 bits per heavy atom. The van der Waals surface area contributed by atoms with Crippen molar-refractivity contribution in [1.82, 2.24) is 9.80 Å². The molecule has 4 nitrogen and oxygen atoms in total. The van der Waals surface area contributed by atoms with Gasteiger partial charge in [0.1, 0.15) is 5.75 Å². The van der Waals surface area contributed by atoms with Crippen molar-refractivity contribution in [1.29, 1.82) is 0 Å². The van der Waals surface area contributed by atoms with Crippen LogP contribution in [-0.2, 0) is 0 Å². The van der Waals surface area contributed by atoms with Gasteiger partial charge in [-0.1, -0.05) is 12.1 Å². The summed E-state index contributed by atoms with van der Waals surface area (Å²) < 4.78 is 5.47. The van der Waals surface area contributed by atoms with Crippen molar-refractivity contribution < 1.29 is 4.74 Å². The summed E-state index contributed by atoms with van der Waals surface area (Å²) in [5.74, 6) is 2.53. The van der Waals surface area contributed by atoms with Crippen molar-refractivity contribution in [2.75, 3.05) is 34.8 Å². The average Bonchev–Trinajstić information content (AvgIpc) is 3.16. The van der Waals surface area contributed by atoms with Crippen molar-refractivity contribution in [3.05, 3.63) is 29.8 Å². The van der Waals surface area contributed by atoms with Crippen molar-refractivity contribution in [3.63, 3.8) is 0 Å². The molecule has 0 aromatic heterocycles. The maximum absolute atomic E-state index is 5.47. The van der Waals surface area contributed by atoms with Gasteiger partial charge in [0, 0.05) is 34.1 Å². The molecule has 0 bridgehead atoms. The highest BCUT2D eigenvalue weighted by Crippen LogP contribution is 2.44. The Balaban J connectivity index is 2.02. The third-order valence-corrected chi connectivity index (χ3v) is 3.46. The fourth-order valence-corrected chi connectivity index (χ4v) is 2.44. The van der Waals surface area contributed by atoms with Gasteiger partial charge in [-0.05, 0) is 31.0 Å². The highest BCUT2D eigenvalue weighted by atomic mass is 16.5. The van der Waals surface area contributed by atoms with Gasteiger partial charge in [-0.25, -0.2) is 4.99 Å². The van der Waals surface area contributed by atoms with E-state index in [9.17, 15) is 0 Å². The highest BCUT2D eigenvalue weighted by Gasteiger charge is 2.39. The molecule has 110 valence electrons. The molecule has 0 aliphatic heterocycles. The largest absolute Gasteiger partial charge is 0.494 e. The topological polar surface area (TPSA) is 28.1 Å². The summed E-state index contributed by atoms with van der Waals surface area (Å²) in [6.45, 7) is 2.72. The number of nitrogens with zero attached hydrogens (tertiary/aromatic N) is 3. The number of hydrogen-bond donors (Lipinski definition) is 0. The van der Waals surface area contributed by atoms with Crippen LogP contribution in [0.2, 0.25) is 0 Å². The Bertz CT molecular complexity index is 455. The van der Waals surface area contributed by atoms with E-state index in [0.29, 0.717) is 18.6 Å². The molecule has 1 saturated carbocycles. The predicted octanol–water partition coefficient (Wildman–Crippen LogP) is 2.42. The molecule has 0 amide bonds. The van der Waals surface area contributed by atoms with Gasteiger partial charge in [-0.15, -0.1) is 0 Å². The number of hydrogen-bond acceptors (Lipinski definition) is 2. The Hall–Kier alpha value is -1.71. The van der Waals surface area contributed by atoms with Crippen LogP contribution in [0.3, 0.4) is 0 Å². The normalized spacial score (nSPS) is 20.2. The molecule has 1 aliphatic rings. The van der Waals surface area contributed by atoms with Crippen LogP contribution in [0.1, 0.15) is 24.8 Å². The van der Waals surface area contributed by atoms with Gasteiger partial charge < -0.3 is 14.5 Å². The van der Waals surface area contributed by atoms with Crippen molar-refractivity contribution in [3.8, 4) is 5.75 Å². The van der Waals surface area contributed by atoms with Crippen LogP contribution in [0, 0.1) is 0 Å². The Morgan fingerprint density at radius 2 is 1.75 bits per heavy atom. The first-order valence-electron chi connectivity index (χ1n) is 7.18. The molecule has 0 unspecified atom stereocenters. The first kappa shape index (κ1) is 14.7. The smallest absolute Gasteiger partial charge is 0.195 e. The van der Waals surface area contributed by atoms with E-state index < -0.39 is 0 Å². The quantitative estimate of drug-likeness (QED) is 0.624. The van der Waals surface area contributed by atoms with Gasteiger partial charge in [0.05, 0.1) is 12.6 Å². The molecule has 1 aromatic rings. The zero-order valence-electron chi connectivity index (χ0n) is 13.1. The van der Waals surface area contributed by atoms with Crippen LogP contribution in [0.25, 0.3) is 0 Å². The van der Waals surface area contributed by atoms with Gasteiger partial charge in [0.15, 0.2) is 5.96 Å². The molecule has 0 radical (unpaired) electrons. The SMILES string of the molecule is CCOc1ccc([C@H]2C[C@H]2N=C(N(C)C)N(C)C)cc1. The summed E-state index contributed by atoms with van der Waals surface area (Å²) in [5.41, 5.74) is 1.36. The maximum Gasteiger partial charge on any atom is 0.195 e. The summed E-state index contributed by atoms with van der Waals surface area (Å²) in [7, 11) is 8.14. The molecular weight excluding hydrogens is 250 g/mol. The Labute approximate surface area is 122 Å². The van der Waals surface area contributed by atoms with Gasteiger partial charge in [-0.3, -0.25) is 0 Å². The van der Waals surface area contributed by atoms with Crippen molar-refractivity contribution in [2.45, 2.75) is 25.3 Å². The standard InChI is InChI=1S/C16H25N3O/c1-6-20-13-9-7-12(8-10-13)14-11-15(14)17-16(18(2)3)19(4)5/h7-10,14-15H,6,11H2,1-5H3/t14-,15-/m1/s1. The second kappa shape index (κ2) is 6.16. The van der Waals surface area contributed by atoms with Gasteiger partial charge in [0.25, 0.3) is 0 Å². The zero-order valence-corrected chi connectivity index (χ0v) is 13.1. The highest BCUT2D eigenvalue weighted by molar-refractivity contribution is 5.79. The monoisotopic (exact) mass is 275 g/mol. The lowest BCUT2D eigenvalue weighted by Crippen LogP contribution is -2.35. The van der Waals surface area contributed by atoms with E-state index in [-0.39, 0.29) is 0 Å². The van der Waals surface area contributed by atoms with Crippen LogP contribution in [0.15, 0.2) is 29.3 Å². The molecule has 2 rings (SSSR count). The van der Waals surface area contributed by atoms with E-state index >= 15 is 0 Å². The average molecular weight is 275 g/mol. The molecule has 20 heavy (non-hydrogen) atoms. The minimum atomic E-state index is 0.410. The Kier molecular flexibility index (Phi) is 4.53. The second-order valence-electron chi connectivity index (χ2n) is 5.63. The van der Waals surface area contributed by atoms with Crippen molar-refractivity contribution in [2.24, 2.45) is 4.99 Å². The summed E-state index contributed by atoms with van der Waals surface area (Å²) in [5, 5.41) is 0. The van der Waals surface area contributed by atoms with E-state index in [4.69, 9.17) is 9.73 Å². The van der Waals surface area contributed by atoms with Crippen LogP contribution in [-0.4, -0.2) is 56.6 Å². The predicted molar refractivity (Wildman–Crippen MR) is 83.6 cm³/mol. The first-order chi connectivity index (χ1) is 9.52. The van der Waals surface area contributed by atoms with Gasteiger partial charge in [-0.2, -0.15) is 0 Å². The molecule has 0 heterocycles. The van der Waals surface area contributed by atoms with Gasteiger partial charge in [0.2, 0.25) is 0 Å². The number of guanidine groups is 1. The molecule has 1 fully saturated rings. The molecule has 1 aromatic carbocycles. The van der Waals surface area contributed by atoms with E-state index in [2.05, 4.69) is 34.1 Å². The molecule has 0 saturated heterocycles. The second-order valence-corrected chi connectivity index (χ2v) is 5.63. The lowest BCUT2D eigenvalue weighted by atomic mass is 10.1. The van der Waals surface area contributed by atoms with Crippen LogP contribution >= 0.6 is 0 Å². The summed E-state index contributed by atoms with van der Waals surface area (Å²) in [4.78, 5) is 8.97. The number of rotatable bonds is 4. The third kappa shape index (κ3) is 3.44. The summed E-state index contributed by atoms with van der Waals surface area (Å²) >= 11 is 0. The first-order valence-corrected chi connectivity index (χ1v) is 7.18. The molecular formula is C16H25N3O. The fraction of sp³-hybridized carbons (Fsp3) is 0.562. The molecule has 2 atom stereocenters. The van der Waals surface area contributed by atoms with E-state index in [1.165, 1.54) is 5.56 Å². The molecule has 4 heteroatoms. The van der Waals surface area contributed by atoms with Crippen molar-refractivity contribution >= 4 is 5.96 Å². The Morgan fingerprint density at radius 1 is 1.15 bits per heavy atom. The van der Waals surface area contributed by atoms with E-state index in [1.54, 1.807) is 0 Å². The zero-order chi connectivity index (χ0) is 14.7. The minimum absolute atomic E-state index is 0.410. The number of ether oxygens (including phenoxy) is 1. The lowest BCUT2D eigenvalue weighted by molar-refractivity contribution is 0.340. The number of benzene rings is 1.